The van der Waals surface area contributed by atoms with E-state index < -0.39 is 0 Å². The van der Waals surface area contributed by atoms with E-state index in [-0.39, 0.29) is 6.10 Å². The van der Waals surface area contributed by atoms with Crippen LogP contribution in [0.2, 0.25) is 0 Å². The topological polar surface area (TPSA) is 23.5 Å². The molecule has 1 atom stereocenters. The van der Waals surface area contributed by atoms with Crippen LogP contribution in [0.1, 0.15) is 25.5 Å². The molecule has 0 bridgehead atoms. The van der Waals surface area contributed by atoms with E-state index in [1.807, 2.05) is 16.8 Å². The first-order chi connectivity index (χ1) is 6.27. The third-order valence-electron chi connectivity index (χ3n) is 2.25. The molecule has 0 spiro atoms. The Labute approximate surface area is 83.8 Å². The first kappa shape index (κ1) is 10.7. The predicted molar refractivity (Wildman–Crippen MR) is 57.1 cm³/mol. The van der Waals surface area contributed by atoms with Crippen LogP contribution in [0, 0.1) is 0 Å². The average Bonchev–Trinajstić information content (AvgIpc) is 2.66. The summed E-state index contributed by atoms with van der Waals surface area (Å²) in [6, 6.07) is 1.98. The van der Waals surface area contributed by atoms with E-state index in [1.165, 1.54) is 0 Å². The van der Waals surface area contributed by atoms with Crippen molar-refractivity contribution in [1.82, 2.24) is 4.90 Å². The van der Waals surface area contributed by atoms with Gasteiger partial charge in [0, 0.05) is 6.54 Å². The highest BCUT2D eigenvalue weighted by Gasteiger charge is 2.10. The van der Waals surface area contributed by atoms with Crippen molar-refractivity contribution in [2.75, 3.05) is 19.6 Å². The van der Waals surface area contributed by atoms with Gasteiger partial charge in [0.05, 0.1) is 6.10 Å². The zero-order chi connectivity index (χ0) is 9.68. The molecular weight excluding hydrogens is 182 g/mol. The molecule has 0 aliphatic heterocycles. The van der Waals surface area contributed by atoms with Crippen LogP contribution in [-0.4, -0.2) is 29.6 Å². The molecule has 1 N–H and O–H groups in total. The summed E-state index contributed by atoms with van der Waals surface area (Å²) in [5, 5.41) is 13.8. The molecule has 0 radical (unpaired) electrons. The molecule has 1 aromatic heterocycles. The summed E-state index contributed by atoms with van der Waals surface area (Å²) < 4.78 is 0. The lowest BCUT2D eigenvalue weighted by molar-refractivity contribution is 0.119. The van der Waals surface area contributed by atoms with Crippen LogP contribution in [-0.2, 0) is 0 Å². The first-order valence-electron chi connectivity index (χ1n) is 4.70. The van der Waals surface area contributed by atoms with Crippen molar-refractivity contribution in [2.24, 2.45) is 0 Å². The maximum absolute atomic E-state index is 9.81. The minimum Gasteiger partial charge on any atom is -0.387 e. The molecule has 0 aliphatic carbocycles. The third-order valence-corrected chi connectivity index (χ3v) is 2.95. The highest BCUT2D eigenvalue weighted by Crippen LogP contribution is 2.16. The molecule has 0 aliphatic rings. The van der Waals surface area contributed by atoms with Crippen molar-refractivity contribution >= 4 is 11.3 Å². The van der Waals surface area contributed by atoms with Crippen LogP contribution >= 0.6 is 11.3 Å². The number of hydrogen-bond donors (Lipinski definition) is 1. The van der Waals surface area contributed by atoms with Gasteiger partial charge in [-0.15, -0.1) is 0 Å². The van der Waals surface area contributed by atoms with Gasteiger partial charge in [-0.1, -0.05) is 13.8 Å². The minimum absolute atomic E-state index is 0.328. The Morgan fingerprint density at radius 1 is 1.46 bits per heavy atom. The second-order valence-electron chi connectivity index (χ2n) is 3.06. The van der Waals surface area contributed by atoms with E-state index in [0.29, 0.717) is 0 Å². The number of aliphatic hydroxyl groups is 1. The average molecular weight is 199 g/mol. The highest BCUT2D eigenvalue weighted by atomic mass is 32.1. The SMILES string of the molecule is CCN(CC)CC(O)c1ccsc1. The Morgan fingerprint density at radius 2 is 2.15 bits per heavy atom. The molecule has 13 heavy (non-hydrogen) atoms. The normalized spacial score (nSPS) is 13.5. The lowest BCUT2D eigenvalue weighted by Gasteiger charge is -2.21. The van der Waals surface area contributed by atoms with Crippen molar-refractivity contribution in [3.05, 3.63) is 22.4 Å². The molecule has 1 unspecified atom stereocenters. The van der Waals surface area contributed by atoms with Gasteiger partial charge in [-0.3, -0.25) is 0 Å². The fraction of sp³-hybridized carbons (Fsp3) is 0.600. The number of rotatable bonds is 5. The summed E-state index contributed by atoms with van der Waals surface area (Å²) >= 11 is 1.63. The van der Waals surface area contributed by atoms with Gasteiger partial charge in [-0.25, -0.2) is 0 Å². The maximum Gasteiger partial charge on any atom is 0.0924 e. The van der Waals surface area contributed by atoms with Crippen molar-refractivity contribution in [3.63, 3.8) is 0 Å². The Bertz CT molecular complexity index is 219. The van der Waals surface area contributed by atoms with Gasteiger partial charge < -0.3 is 10.0 Å². The summed E-state index contributed by atoms with van der Waals surface area (Å²) in [5.41, 5.74) is 1.04. The van der Waals surface area contributed by atoms with Crippen LogP contribution in [0.3, 0.4) is 0 Å². The molecule has 1 rings (SSSR count). The summed E-state index contributed by atoms with van der Waals surface area (Å²) in [6.45, 7) is 6.97. The second kappa shape index (κ2) is 5.37. The zero-order valence-corrected chi connectivity index (χ0v) is 9.05. The second-order valence-corrected chi connectivity index (χ2v) is 3.84. The fourth-order valence-electron chi connectivity index (χ4n) is 1.30. The van der Waals surface area contributed by atoms with Crippen molar-refractivity contribution in [3.8, 4) is 0 Å². The van der Waals surface area contributed by atoms with Crippen LogP contribution in [0.25, 0.3) is 0 Å². The monoisotopic (exact) mass is 199 g/mol. The van der Waals surface area contributed by atoms with Crippen molar-refractivity contribution in [2.45, 2.75) is 20.0 Å². The van der Waals surface area contributed by atoms with Crippen LogP contribution < -0.4 is 0 Å². The van der Waals surface area contributed by atoms with Gasteiger partial charge in [0.25, 0.3) is 0 Å². The van der Waals surface area contributed by atoms with Gasteiger partial charge in [0.1, 0.15) is 0 Å². The minimum atomic E-state index is -0.328. The Morgan fingerprint density at radius 3 is 2.62 bits per heavy atom. The molecular formula is C10H17NOS. The maximum atomic E-state index is 9.81. The molecule has 0 amide bonds. The smallest absolute Gasteiger partial charge is 0.0924 e. The molecule has 74 valence electrons. The first-order valence-corrected chi connectivity index (χ1v) is 5.64. The Balaban J connectivity index is 2.45. The van der Waals surface area contributed by atoms with E-state index in [9.17, 15) is 5.11 Å². The molecule has 1 aromatic rings. The zero-order valence-electron chi connectivity index (χ0n) is 8.23. The third kappa shape index (κ3) is 3.10. The van der Waals surface area contributed by atoms with Crippen molar-refractivity contribution < 1.29 is 5.11 Å². The standard InChI is InChI=1S/C10H17NOS/c1-3-11(4-2)7-10(12)9-5-6-13-8-9/h5-6,8,10,12H,3-4,7H2,1-2H3. The van der Waals surface area contributed by atoms with Gasteiger partial charge in [0.15, 0.2) is 0 Å². The lowest BCUT2D eigenvalue weighted by atomic mass is 10.2. The molecule has 0 saturated carbocycles. The molecule has 0 saturated heterocycles. The quantitative estimate of drug-likeness (QED) is 0.785. The molecule has 1 heterocycles. The number of thiophene rings is 1. The molecule has 0 aromatic carbocycles. The Kier molecular flexibility index (Phi) is 4.42. The van der Waals surface area contributed by atoms with Gasteiger partial charge in [-0.2, -0.15) is 11.3 Å². The largest absolute Gasteiger partial charge is 0.387 e. The summed E-state index contributed by atoms with van der Waals surface area (Å²) in [4.78, 5) is 2.22. The number of aliphatic hydroxyl groups excluding tert-OH is 1. The van der Waals surface area contributed by atoms with Gasteiger partial charge >= 0.3 is 0 Å². The van der Waals surface area contributed by atoms with Crippen LogP contribution in [0.5, 0.6) is 0 Å². The predicted octanol–water partition coefficient (Wildman–Crippen LogP) is 2.12. The van der Waals surface area contributed by atoms with Gasteiger partial charge in [-0.05, 0) is 35.5 Å². The van der Waals surface area contributed by atoms with E-state index in [2.05, 4.69) is 18.7 Å². The summed E-state index contributed by atoms with van der Waals surface area (Å²) in [7, 11) is 0. The number of nitrogens with zero attached hydrogens (tertiary/aromatic N) is 1. The van der Waals surface area contributed by atoms with Crippen molar-refractivity contribution in [1.29, 1.82) is 0 Å². The summed E-state index contributed by atoms with van der Waals surface area (Å²) in [5.74, 6) is 0. The Hall–Kier alpha value is -0.380. The summed E-state index contributed by atoms with van der Waals surface area (Å²) in [6.07, 6.45) is -0.328. The molecule has 2 nitrogen and oxygen atoms in total. The van der Waals surface area contributed by atoms with Gasteiger partial charge in [0.2, 0.25) is 0 Å². The molecule has 3 heteroatoms. The molecule has 0 fully saturated rings. The van der Waals surface area contributed by atoms with E-state index in [1.54, 1.807) is 11.3 Å². The highest BCUT2D eigenvalue weighted by molar-refractivity contribution is 7.07. The fourth-order valence-corrected chi connectivity index (χ4v) is 2.00. The van der Waals surface area contributed by atoms with Crippen LogP contribution in [0.4, 0.5) is 0 Å². The number of hydrogen-bond acceptors (Lipinski definition) is 3. The van der Waals surface area contributed by atoms with E-state index in [4.69, 9.17) is 0 Å². The van der Waals surface area contributed by atoms with E-state index in [0.717, 1.165) is 25.2 Å². The lowest BCUT2D eigenvalue weighted by Crippen LogP contribution is -2.28. The van der Waals surface area contributed by atoms with E-state index >= 15 is 0 Å². The van der Waals surface area contributed by atoms with Crippen LogP contribution in [0.15, 0.2) is 16.8 Å². The number of likely N-dealkylation sites (N-methyl/N-ethyl adjacent to an activating group) is 1.